The summed E-state index contributed by atoms with van der Waals surface area (Å²) in [4.78, 5) is 33.9. The van der Waals surface area contributed by atoms with E-state index in [2.05, 4.69) is 15.3 Å². The minimum absolute atomic E-state index is 0.0952. The summed E-state index contributed by atoms with van der Waals surface area (Å²) >= 11 is 0. The summed E-state index contributed by atoms with van der Waals surface area (Å²) in [5.74, 6) is 0.132. The highest BCUT2D eigenvalue weighted by Gasteiger charge is 2.45. The fraction of sp³-hybridized carbons (Fsp3) is 0.600. The van der Waals surface area contributed by atoms with Crippen molar-refractivity contribution in [2.24, 2.45) is 0 Å². The number of nitrogens with zero attached hydrogens (tertiary/aromatic N) is 3. The Bertz CT molecular complexity index is 596. The number of ether oxygens (including phenoxy) is 2. The Morgan fingerprint density at radius 3 is 2.70 bits per heavy atom. The van der Waals surface area contributed by atoms with Crippen LogP contribution in [0.15, 0.2) is 12.4 Å². The molecule has 23 heavy (non-hydrogen) atoms. The number of rotatable bonds is 3. The van der Waals surface area contributed by atoms with E-state index in [0.717, 1.165) is 0 Å². The predicted molar refractivity (Wildman–Crippen MR) is 79.8 cm³/mol. The molecule has 1 atom stereocenters. The maximum atomic E-state index is 12.5. The molecule has 8 nitrogen and oxygen atoms in total. The second-order valence-corrected chi connectivity index (χ2v) is 5.71. The lowest BCUT2D eigenvalue weighted by molar-refractivity contribution is -0.123. The maximum absolute atomic E-state index is 12.5. The monoisotopic (exact) mass is 320 g/mol. The lowest BCUT2D eigenvalue weighted by Gasteiger charge is -2.38. The molecule has 2 aliphatic rings. The molecule has 0 unspecified atom stereocenters. The second kappa shape index (κ2) is 6.11. The summed E-state index contributed by atoms with van der Waals surface area (Å²) in [7, 11) is 0. The Kier molecular flexibility index (Phi) is 4.16. The summed E-state index contributed by atoms with van der Waals surface area (Å²) in [6.45, 7) is 5.09. The van der Waals surface area contributed by atoms with Crippen LogP contribution in [-0.2, 0) is 9.53 Å². The van der Waals surface area contributed by atoms with E-state index in [-0.39, 0.29) is 17.5 Å². The van der Waals surface area contributed by atoms with Gasteiger partial charge in [-0.05, 0) is 13.8 Å². The molecule has 0 aromatic carbocycles. The Balaban J connectivity index is 1.61. The van der Waals surface area contributed by atoms with Crippen molar-refractivity contribution < 1.29 is 19.1 Å². The number of aromatic nitrogens is 2. The van der Waals surface area contributed by atoms with Crippen LogP contribution in [0.3, 0.4) is 0 Å². The normalized spacial score (nSPS) is 23.0. The van der Waals surface area contributed by atoms with Gasteiger partial charge in [0.15, 0.2) is 0 Å². The molecular formula is C15H20N4O4. The third kappa shape index (κ3) is 3.12. The molecule has 1 aromatic heterocycles. The molecule has 0 radical (unpaired) electrons. The van der Waals surface area contributed by atoms with Crippen LogP contribution < -0.4 is 10.1 Å². The Morgan fingerprint density at radius 2 is 2.17 bits per heavy atom. The standard InChI is InChI=1S/C15H20N4O4/c1-3-22-12-9-16-11(8-17-12)14(21)19-6-4-15(5-7-19)18-13(20)10(2)23-15/h8-10H,3-7H2,1-2H3,(H,18,20)/t10-/m0/s1. The van der Waals surface area contributed by atoms with Crippen LogP contribution in [0.4, 0.5) is 0 Å². The molecule has 8 heteroatoms. The SMILES string of the molecule is CCOc1cnc(C(=O)N2CCC3(CC2)NC(=O)[C@H](C)O3)cn1. The molecule has 1 N–H and O–H groups in total. The van der Waals surface area contributed by atoms with Gasteiger partial charge in [-0.15, -0.1) is 0 Å². The number of hydrogen-bond acceptors (Lipinski definition) is 6. The van der Waals surface area contributed by atoms with Gasteiger partial charge in [0, 0.05) is 25.9 Å². The van der Waals surface area contributed by atoms with Crippen molar-refractivity contribution in [1.82, 2.24) is 20.2 Å². The van der Waals surface area contributed by atoms with Gasteiger partial charge in [-0.2, -0.15) is 0 Å². The fourth-order valence-corrected chi connectivity index (χ4v) is 2.87. The van der Waals surface area contributed by atoms with E-state index < -0.39 is 11.8 Å². The molecule has 124 valence electrons. The lowest BCUT2D eigenvalue weighted by atomic mass is 10.0. The Morgan fingerprint density at radius 1 is 1.43 bits per heavy atom. The van der Waals surface area contributed by atoms with E-state index in [1.165, 1.54) is 12.4 Å². The highest BCUT2D eigenvalue weighted by molar-refractivity contribution is 5.92. The van der Waals surface area contributed by atoms with Gasteiger partial charge >= 0.3 is 0 Å². The number of nitrogens with one attached hydrogen (secondary N) is 1. The summed E-state index contributed by atoms with van der Waals surface area (Å²) in [5.41, 5.74) is -0.341. The number of piperidine rings is 1. The van der Waals surface area contributed by atoms with Gasteiger partial charge < -0.3 is 19.7 Å². The third-order valence-corrected chi connectivity index (χ3v) is 4.12. The highest BCUT2D eigenvalue weighted by atomic mass is 16.5. The molecule has 1 spiro atoms. The first-order valence-electron chi connectivity index (χ1n) is 7.77. The van der Waals surface area contributed by atoms with Crippen molar-refractivity contribution in [2.75, 3.05) is 19.7 Å². The van der Waals surface area contributed by atoms with E-state index >= 15 is 0 Å². The van der Waals surface area contributed by atoms with Crippen LogP contribution in [0.25, 0.3) is 0 Å². The number of carbonyl (C=O) groups is 2. The van der Waals surface area contributed by atoms with Crippen molar-refractivity contribution in [3.63, 3.8) is 0 Å². The van der Waals surface area contributed by atoms with Crippen LogP contribution in [0.2, 0.25) is 0 Å². The van der Waals surface area contributed by atoms with Crippen LogP contribution >= 0.6 is 0 Å². The Hall–Kier alpha value is -2.22. The van der Waals surface area contributed by atoms with E-state index in [9.17, 15) is 9.59 Å². The van der Waals surface area contributed by atoms with Crippen molar-refractivity contribution in [2.45, 2.75) is 38.5 Å². The van der Waals surface area contributed by atoms with E-state index in [1.54, 1.807) is 11.8 Å². The first kappa shape index (κ1) is 15.7. The number of hydrogen-bond donors (Lipinski definition) is 1. The number of carbonyl (C=O) groups excluding carboxylic acids is 2. The summed E-state index contributed by atoms with van der Waals surface area (Å²) in [6, 6.07) is 0. The first-order chi connectivity index (χ1) is 11.0. The molecule has 2 amide bonds. The zero-order valence-corrected chi connectivity index (χ0v) is 13.2. The van der Waals surface area contributed by atoms with Gasteiger partial charge in [-0.3, -0.25) is 9.59 Å². The zero-order valence-electron chi connectivity index (χ0n) is 13.2. The topological polar surface area (TPSA) is 93.7 Å². The molecule has 0 saturated carbocycles. The van der Waals surface area contributed by atoms with Gasteiger partial charge in [0.25, 0.3) is 11.8 Å². The molecule has 0 bridgehead atoms. The van der Waals surface area contributed by atoms with Crippen molar-refractivity contribution in [3.8, 4) is 5.88 Å². The average molecular weight is 320 g/mol. The lowest BCUT2D eigenvalue weighted by Crippen LogP contribution is -2.53. The van der Waals surface area contributed by atoms with Gasteiger partial charge in [-0.25, -0.2) is 9.97 Å². The van der Waals surface area contributed by atoms with Gasteiger partial charge in [0.2, 0.25) is 5.88 Å². The van der Waals surface area contributed by atoms with Crippen LogP contribution in [0.1, 0.15) is 37.2 Å². The van der Waals surface area contributed by atoms with Crippen molar-refractivity contribution in [1.29, 1.82) is 0 Å². The molecule has 2 fully saturated rings. The largest absolute Gasteiger partial charge is 0.477 e. The van der Waals surface area contributed by atoms with Crippen molar-refractivity contribution in [3.05, 3.63) is 18.1 Å². The summed E-state index contributed by atoms with van der Waals surface area (Å²) < 4.78 is 10.9. The molecule has 1 aromatic rings. The van der Waals surface area contributed by atoms with Crippen molar-refractivity contribution >= 4 is 11.8 Å². The number of amides is 2. The third-order valence-electron chi connectivity index (χ3n) is 4.12. The first-order valence-corrected chi connectivity index (χ1v) is 7.77. The summed E-state index contributed by atoms with van der Waals surface area (Å²) in [5, 5.41) is 2.90. The van der Waals surface area contributed by atoms with Gasteiger partial charge in [0.05, 0.1) is 19.0 Å². The molecule has 3 heterocycles. The fourth-order valence-electron chi connectivity index (χ4n) is 2.87. The second-order valence-electron chi connectivity index (χ2n) is 5.71. The smallest absolute Gasteiger partial charge is 0.274 e. The van der Waals surface area contributed by atoms with Crippen LogP contribution in [0, 0.1) is 0 Å². The van der Waals surface area contributed by atoms with E-state index in [1.807, 2.05) is 6.92 Å². The minimum Gasteiger partial charge on any atom is -0.477 e. The van der Waals surface area contributed by atoms with Crippen LogP contribution in [0.5, 0.6) is 5.88 Å². The van der Waals surface area contributed by atoms with Gasteiger partial charge in [0.1, 0.15) is 17.5 Å². The molecule has 2 saturated heterocycles. The molecule has 3 rings (SSSR count). The molecule has 0 aliphatic carbocycles. The quantitative estimate of drug-likeness (QED) is 0.863. The van der Waals surface area contributed by atoms with E-state index in [0.29, 0.717) is 38.4 Å². The average Bonchev–Trinajstić information content (AvgIpc) is 2.82. The molecular weight excluding hydrogens is 300 g/mol. The zero-order chi connectivity index (χ0) is 16.4. The predicted octanol–water partition coefficient (Wildman–Crippen LogP) is 0.342. The van der Waals surface area contributed by atoms with E-state index in [4.69, 9.17) is 9.47 Å². The van der Waals surface area contributed by atoms with Crippen LogP contribution in [-0.4, -0.2) is 58.2 Å². The molecule has 2 aliphatic heterocycles. The maximum Gasteiger partial charge on any atom is 0.274 e. The Labute approximate surface area is 134 Å². The highest BCUT2D eigenvalue weighted by Crippen LogP contribution is 2.30. The minimum atomic E-state index is -0.627. The van der Waals surface area contributed by atoms with Gasteiger partial charge in [-0.1, -0.05) is 0 Å². The number of likely N-dealkylation sites (tertiary alicyclic amines) is 1. The summed E-state index contributed by atoms with van der Waals surface area (Å²) in [6.07, 6.45) is 3.57.